The van der Waals surface area contributed by atoms with Crippen molar-refractivity contribution in [3.05, 3.63) is 60.3 Å². The van der Waals surface area contributed by atoms with Crippen molar-refractivity contribution in [1.29, 1.82) is 0 Å². The highest BCUT2D eigenvalue weighted by atomic mass is 16.5. The molecule has 206 valence electrons. The number of nitrogens with one attached hydrogen (secondary N) is 1. The van der Waals surface area contributed by atoms with Crippen LogP contribution in [-0.2, 0) is 16.1 Å². The van der Waals surface area contributed by atoms with E-state index in [2.05, 4.69) is 32.3 Å². The Morgan fingerprint density at radius 2 is 1.87 bits per heavy atom. The zero-order chi connectivity index (χ0) is 27.2. The van der Waals surface area contributed by atoms with E-state index in [0.29, 0.717) is 43.3 Å². The minimum absolute atomic E-state index is 0.0358. The number of hydrogen-bond acceptors (Lipinski definition) is 9. The molecule has 2 fully saturated rings. The molecular weight excluding hydrogens is 496 g/mol. The van der Waals surface area contributed by atoms with Crippen molar-refractivity contribution in [2.75, 3.05) is 50.4 Å². The Bertz CT molecular complexity index is 1250. The van der Waals surface area contributed by atoms with Crippen molar-refractivity contribution >= 4 is 23.2 Å². The van der Waals surface area contributed by atoms with Gasteiger partial charge in [0.1, 0.15) is 18.0 Å². The van der Waals surface area contributed by atoms with E-state index >= 15 is 0 Å². The number of nitrogens with two attached hydrogens (primary N) is 1. The standard InChI is InChI=1S/C29H36N6O4/c1-20(36)28(37)35-12-9-24(10-13-35)39-27-7-4-22(18-25(27)30)26-8-11-31-29(33-26)32-23-5-2-21(3-6-23)19-34-14-16-38-17-15-34/h2-8,11,18,20,24,36H,9-10,12-17,19,30H2,1H3,(H,31,32,33)/t20-/m0/s1. The highest BCUT2D eigenvalue weighted by Gasteiger charge is 2.26. The van der Waals surface area contributed by atoms with Crippen LogP contribution in [0.3, 0.4) is 0 Å². The van der Waals surface area contributed by atoms with Crippen LogP contribution in [0.4, 0.5) is 17.3 Å². The molecule has 3 heterocycles. The van der Waals surface area contributed by atoms with Crippen molar-refractivity contribution in [1.82, 2.24) is 19.8 Å². The summed E-state index contributed by atoms with van der Waals surface area (Å²) in [5.74, 6) is 0.881. The number of likely N-dealkylation sites (tertiary alicyclic amines) is 1. The largest absolute Gasteiger partial charge is 0.488 e. The topological polar surface area (TPSA) is 126 Å². The van der Waals surface area contributed by atoms with Crippen molar-refractivity contribution in [3.63, 3.8) is 0 Å². The number of aliphatic hydroxyl groups excluding tert-OH is 1. The first-order valence-corrected chi connectivity index (χ1v) is 13.5. The maximum absolute atomic E-state index is 12.0. The van der Waals surface area contributed by atoms with E-state index < -0.39 is 6.10 Å². The van der Waals surface area contributed by atoms with Gasteiger partial charge in [0, 0.05) is 63.0 Å². The number of nitrogens with zero attached hydrogens (tertiary/aromatic N) is 4. The third kappa shape index (κ3) is 7.03. The molecule has 0 aliphatic carbocycles. The molecule has 2 aliphatic rings. The molecule has 0 radical (unpaired) electrons. The van der Waals surface area contributed by atoms with Gasteiger partial charge in [0.15, 0.2) is 0 Å². The molecule has 0 saturated carbocycles. The van der Waals surface area contributed by atoms with Crippen LogP contribution in [0, 0.1) is 0 Å². The van der Waals surface area contributed by atoms with Crippen LogP contribution >= 0.6 is 0 Å². The third-order valence-electron chi connectivity index (χ3n) is 7.09. The molecule has 3 aromatic rings. The van der Waals surface area contributed by atoms with E-state index in [1.165, 1.54) is 12.5 Å². The molecule has 2 aromatic carbocycles. The average molecular weight is 533 g/mol. The first-order valence-electron chi connectivity index (χ1n) is 13.5. The Labute approximate surface area is 228 Å². The minimum atomic E-state index is -0.978. The van der Waals surface area contributed by atoms with Gasteiger partial charge >= 0.3 is 0 Å². The maximum Gasteiger partial charge on any atom is 0.251 e. The molecule has 10 heteroatoms. The smallest absolute Gasteiger partial charge is 0.251 e. The Morgan fingerprint density at radius 3 is 2.56 bits per heavy atom. The molecule has 4 N–H and O–H groups in total. The van der Waals surface area contributed by atoms with Gasteiger partial charge in [-0.15, -0.1) is 0 Å². The van der Waals surface area contributed by atoms with Crippen molar-refractivity contribution in [2.24, 2.45) is 0 Å². The Morgan fingerprint density at radius 1 is 1.13 bits per heavy atom. The normalized spacial score (nSPS) is 17.5. The molecule has 39 heavy (non-hydrogen) atoms. The quantitative estimate of drug-likeness (QED) is 0.375. The summed E-state index contributed by atoms with van der Waals surface area (Å²) in [7, 11) is 0. The lowest BCUT2D eigenvalue weighted by Gasteiger charge is -2.33. The molecule has 2 saturated heterocycles. The molecule has 1 atom stereocenters. The minimum Gasteiger partial charge on any atom is -0.488 e. The summed E-state index contributed by atoms with van der Waals surface area (Å²) in [4.78, 5) is 25.1. The molecular formula is C29H36N6O4. The summed E-state index contributed by atoms with van der Waals surface area (Å²) in [5, 5.41) is 12.8. The summed E-state index contributed by atoms with van der Waals surface area (Å²) in [5.41, 5.74) is 10.7. The zero-order valence-corrected chi connectivity index (χ0v) is 22.3. The molecule has 0 spiro atoms. The number of carbonyl (C=O) groups excluding carboxylic acids is 1. The second-order valence-corrected chi connectivity index (χ2v) is 10.0. The van der Waals surface area contributed by atoms with Crippen LogP contribution in [0.25, 0.3) is 11.3 Å². The number of anilines is 3. The number of carbonyl (C=O) groups is 1. The highest BCUT2D eigenvalue weighted by Crippen LogP contribution is 2.30. The SMILES string of the molecule is C[C@H](O)C(=O)N1CCC(Oc2ccc(-c3ccnc(Nc4ccc(CN5CCOCC5)cc4)n3)cc2N)CC1. The summed E-state index contributed by atoms with van der Waals surface area (Å²) in [6.45, 7) is 7.04. The zero-order valence-electron chi connectivity index (χ0n) is 22.3. The van der Waals surface area contributed by atoms with E-state index in [4.69, 9.17) is 15.2 Å². The molecule has 2 aliphatic heterocycles. The number of benzene rings is 2. The number of morpholine rings is 1. The van der Waals surface area contributed by atoms with E-state index in [0.717, 1.165) is 49.8 Å². The van der Waals surface area contributed by atoms with Gasteiger partial charge in [-0.2, -0.15) is 0 Å². The Balaban J connectivity index is 1.18. The fourth-order valence-electron chi connectivity index (χ4n) is 4.87. The fraction of sp³-hybridized carbons (Fsp3) is 0.414. The van der Waals surface area contributed by atoms with E-state index in [1.54, 1.807) is 11.1 Å². The number of nitrogen functional groups attached to an aromatic ring is 1. The van der Waals surface area contributed by atoms with Gasteiger partial charge in [-0.25, -0.2) is 9.97 Å². The number of aromatic nitrogens is 2. The molecule has 0 bridgehead atoms. The summed E-state index contributed by atoms with van der Waals surface area (Å²) in [6, 6.07) is 15.8. The van der Waals surface area contributed by atoms with Crippen LogP contribution < -0.4 is 15.8 Å². The second-order valence-electron chi connectivity index (χ2n) is 10.0. The fourth-order valence-corrected chi connectivity index (χ4v) is 4.87. The third-order valence-corrected chi connectivity index (χ3v) is 7.09. The van der Waals surface area contributed by atoms with Crippen LogP contribution in [0.15, 0.2) is 54.7 Å². The van der Waals surface area contributed by atoms with Gasteiger partial charge in [-0.3, -0.25) is 9.69 Å². The molecule has 1 amide bonds. The number of hydrogen-bond donors (Lipinski definition) is 3. The molecule has 0 unspecified atom stereocenters. The summed E-state index contributed by atoms with van der Waals surface area (Å²) >= 11 is 0. The molecule has 10 nitrogen and oxygen atoms in total. The number of amides is 1. The maximum atomic E-state index is 12.0. The summed E-state index contributed by atoms with van der Waals surface area (Å²) in [6.07, 6.45) is 2.09. The molecule has 1 aromatic heterocycles. The van der Waals surface area contributed by atoms with Crippen LogP contribution in [0.1, 0.15) is 25.3 Å². The average Bonchev–Trinajstić information content (AvgIpc) is 2.96. The van der Waals surface area contributed by atoms with Crippen LogP contribution in [0.2, 0.25) is 0 Å². The number of rotatable bonds is 8. The lowest BCUT2D eigenvalue weighted by molar-refractivity contribution is -0.141. The van der Waals surface area contributed by atoms with Crippen molar-refractivity contribution in [3.8, 4) is 17.0 Å². The van der Waals surface area contributed by atoms with Gasteiger partial charge in [-0.1, -0.05) is 12.1 Å². The van der Waals surface area contributed by atoms with Crippen molar-refractivity contribution < 1.29 is 19.4 Å². The monoisotopic (exact) mass is 532 g/mol. The highest BCUT2D eigenvalue weighted by molar-refractivity contribution is 5.80. The van der Waals surface area contributed by atoms with Gasteiger partial charge < -0.3 is 30.5 Å². The Kier molecular flexibility index (Phi) is 8.55. The van der Waals surface area contributed by atoms with Gasteiger partial charge in [0.2, 0.25) is 5.95 Å². The van der Waals surface area contributed by atoms with E-state index in [9.17, 15) is 9.90 Å². The van der Waals surface area contributed by atoms with E-state index in [-0.39, 0.29) is 12.0 Å². The predicted molar refractivity (Wildman–Crippen MR) is 150 cm³/mol. The van der Waals surface area contributed by atoms with Crippen LogP contribution in [0.5, 0.6) is 5.75 Å². The summed E-state index contributed by atoms with van der Waals surface area (Å²) < 4.78 is 11.6. The number of ether oxygens (including phenoxy) is 2. The van der Waals surface area contributed by atoms with Crippen LogP contribution in [-0.4, -0.2) is 82.4 Å². The second kappa shape index (κ2) is 12.4. The first kappa shape index (κ1) is 26.9. The molecule has 5 rings (SSSR count). The van der Waals surface area contributed by atoms with Gasteiger partial charge in [-0.05, 0) is 48.9 Å². The lowest BCUT2D eigenvalue weighted by Crippen LogP contribution is -2.45. The van der Waals surface area contributed by atoms with Crippen molar-refractivity contribution in [2.45, 2.75) is 38.5 Å². The van der Waals surface area contributed by atoms with Gasteiger partial charge in [0.25, 0.3) is 5.91 Å². The van der Waals surface area contributed by atoms with E-state index in [1.807, 2.05) is 36.4 Å². The van der Waals surface area contributed by atoms with Gasteiger partial charge in [0.05, 0.1) is 24.6 Å². The lowest BCUT2D eigenvalue weighted by atomic mass is 10.1. The number of aliphatic hydroxyl groups is 1. The first-order chi connectivity index (χ1) is 18.9. The predicted octanol–water partition coefficient (Wildman–Crippen LogP) is 3.05. The Hall–Kier alpha value is -3.73. The number of piperidine rings is 1.